The molecule has 0 saturated heterocycles. The highest BCUT2D eigenvalue weighted by atomic mass is 79.9. The van der Waals surface area contributed by atoms with Crippen LogP contribution < -0.4 is 5.73 Å². The maximum absolute atomic E-state index is 13.8. The third-order valence-electron chi connectivity index (χ3n) is 3.33. The summed E-state index contributed by atoms with van der Waals surface area (Å²) in [6, 6.07) is 8.02. The van der Waals surface area contributed by atoms with Crippen LogP contribution in [0.5, 0.6) is 0 Å². The third-order valence-corrected chi connectivity index (χ3v) is 4.43. The van der Waals surface area contributed by atoms with E-state index in [2.05, 4.69) is 36.0 Å². The molecule has 0 aliphatic rings. The smallest absolute Gasteiger partial charge is 0.176 e. The predicted molar refractivity (Wildman–Crippen MR) is 100 cm³/mol. The Morgan fingerprint density at radius 3 is 2.85 bits per heavy atom. The van der Waals surface area contributed by atoms with Crippen LogP contribution in [0.4, 0.5) is 4.39 Å². The molecule has 132 valence electrons. The van der Waals surface area contributed by atoms with Crippen LogP contribution in [0, 0.1) is 5.82 Å². The fourth-order valence-corrected chi connectivity index (χ4v) is 2.36. The lowest BCUT2D eigenvalue weighted by atomic mass is 10.2. The van der Waals surface area contributed by atoms with Gasteiger partial charge in [-0.3, -0.25) is 4.99 Å². The Bertz CT molecular complexity index is 975. The molecule has 0 radical (unpaired) electrons. The van der Waals surface area contributed by atoms with E-state index in [0.717, 1.165) is 0 Å². The van der Waals surface area contributed by atoms with Gasteiger partial charge < -0.3 is 10.3 Å². The van der Waals surface area contributed by atoms with Crippen molar-refractivity contribution in [1.82, 2.24) is 15.1 Å². The molecule has 0 aliphatic carbocycles. The van der Waals surface area contributed by atoms with Crippen LogP contribution in [0.2, 0.25) is 5.15 Å². The van der Waals surface area contributed by atoms with E-state index in [1.807, 2.05) is 0 Å². The molecule has 2 aromatic heterocycles. The summed E-state index contributed by atoms with van der Waals surface area (Å²) in [4.78, 5) is 12.6. The minimum Gasteiger partial charge on any atom is -0.396 e. The van der Waals surface area contributed by atoms with Gasteiger partial charge in [-0.25, -0.2) is 14.4 Å². The van der Waals surface area contributed by atoms with E-state index in [4.69, 9.17) is 21.9 Å². The lowest BCUT2D eigenvalue weighted by Gasteiger charge is -2.04. The molecule has 0 spiro atoms. The van der Waals surface area contributed by atoms with E-state index in [1.165, 1.54) is 24.6 Å². The van der Waals surface area contributed by atoms with Gasteiger partial charge in [0.15, 0.2) is 5.82 Å². The Hall–Kier alpha value is -2.58. The number of hydrogen-bond donors (Lipinski definition) is 1. The molecule has 0 saturated carbocycles. The number of nitrogens with two attached hydrogens (primary N) is 1. The average molecular weight is 437 g/mol. The number of rotatable bonds is 5. The van der Waals surface area contributed by atoms with Crippen molar-refractivity contribution in [1.29, 1.82) is 0 Å². The van der Waals surface area contributed by atoms with Gasteiger partial charge in [-0.2, -0.15) is 0 Å². The molecule has 0 aliphatic heterocycles. The van der Waals surface area contributed by atoms with Crippen molar-refractivity contribution in [2.24, 2.45) is 10.7 Å². The fourth-order valence-electron chi connectivity index (χ4n) is 2.04. The summed E-state index contributed by atoms with van der Waals surface area (Å²) >= 11 is 9.19. The van der Waals surface area contributed by atoms with Crippen LogP contribution in [0.15, 0.2) is 62.9 Å². The largest absolute Gasteiger partial charge is 0.396 e. The van der Waals surface area contributed by atoms with Crippen LogP contribution in [0.3, 0.4) is 0 Å². The van der Waals surface area contributed by atoms with Crippen molar-refractivity contribution >= 4 is 38.9 Å². The first kappa shape index (κ1) is 18.2. The van der Waals surface area contributed by atoms with Gasteiger partial charge in [-0.15, -0.1) is 0 Å². The van der Waals surface area contributed by atoms with E-state index >= 15 is 0 Å². The third kappa shape index (κ3) is 4.33. The molecule has 3 aromatic rings. The van der Waals surface area contributed by atoms with E-state index in [-0.39, 0.29) is 29.0 Å². The number of halogens is 3. The quantitative estimate of drug-likeness (QED) is 0.482. The maximum atomic E-state index is 13.8. The van der Waals surface area contributed by atoms with Crippen molar-refractivity contribution in [2.75, 3.05) is 0 Å². The molecule has 1 aromatic carbocycles. The first-order valence-corrected chi connectivity index (χ1v) is 8.56. The Morgan fingerprint density at radius 1 is 1.35 bits per heavy atom. The zero-order valence-electron chi connectivity index (χ0n) is 13.2. The molecule has 0 atom stereocenters. The monoisotopic (exact) mass is 435 g/mol. The minimum absolute atomic E-state index is 0.112. The summed E-state index contributed by atoms with van der Waals surface area (Å²) in [7, 11) is 0. The highest BCUT2D eigenvalue weighted by Crippen LogP contribution is 2.20. The van der Waals surface area contributed by atoms with Crippen LogP contribution in [-0.2, 0) is 6.54 Å². The zero-order chi connectivity index (χ0) is 18.5. The molecule has 0 fully saturated rings. The van der Waals surface area contributed by atoms with Gasteiger partial charge in [0.1, 0.15) is 22.9 Å². The lowest BCUT2D eigenvalue weighted by Crippen LogP contribution is -2.08. The van der Waals surface area contributed by atoms with Gasteiger partial charge in [0.05, 0.1) is 22.4 Å². The number of nitrogens with zero attached hydrogens (tertiary/aromatic N) is 4. The van der Waals surface area contributed by atoms with Crippen LogP contribution >= 0.6 is 27.5 Å². The fraction of sp³-hybridized carbons (Fsp3) is 0.0588. The van der Waals surface area contributed by atoms with Crippen LogP contribution in [-0.4, -0.2) is 20.8 Å². The Kier molecular flexibility index (Phi) is 5.75. The van der Waals surface area contributed by atoms with Crippen LogP contribution in [0.1, 0.15) is 17.1 Å². The molecule has 9 heteroatoms. The maximum Gasteiger partial charge on any atom is 0.176 e. The van der Waals surface area contributed by atoms with Gasteiger partial charge in [-0.05, 0) is 28.1 Å². The van der Waals surface area contributed by atoms with Crippen molar-refractivity contribution < 1.29 is 8.91 Å². The molecule has 3 rings (SSSR count). The molecule has 0 amide bonds. The molecule has 26 heavy (non-hydrogen) atoms. The minimum atomic E-state index is -0.337. The second-order valence-corrected chi connectivity index (χ2v) is 6.32. The standard InChI is InChI=1S/C17H12BrClFN5O/c18-11-9-23-17(24-16(11)19)13(21)7-15(14-5-6-26-25-14)22-8-10-3-1-2-4-12(10)20/h1-7,9H,8,21H2/b13-7-,22-15?. The van der Waals surface area contributed by atoms with Gasteiger partial charge in [0.25, 0.3) is 0 Å². The summed E-state index contributed by atoms with van der Waals surface area (Å²) in [5.41, 5.74) is 7.60. The van der Waals surface area contributed by atoms with Gasteiger partial charge in [0, 0.05) is 17.8 Å². The SMILES string of the molecule is N/C(=C\C(=NCc1ccccc1F)c1ccon1)c1ncc(Br)c(Cl)n1. The second kappa shape index (κ2) is 8.20. The van der Waals surface area contributed by atoms with Gasteiger partial charge in [0.2, 0.25) is 0 Å². The molecular formula is C17H12BrClFN5O. The highest BCUT2D eigenvalue weighted by Gasteiger charge is 2.10. The molecule has 6 nitrogen and oxygen atoms in total. The van der Waals surface area contributed by atoms with Crippen molar-refractivity contribution in [2.45, 2.75) is 6.54 Å². The summed E-state index contributed by atoms with van der Waals surface area (Å²) in [6.45, 7) is 0.112. The van der Waals surface area contributed by atoms with E-state index < -0.39 is 0 Å². The van der Waals surface area contributed by atoms with Crippen LogP contribution in [0.25, 0.3) is 5.70 Å². The first-order chi connectivity index (χ1) is 12.5. The number of hydrogen-bond acceptors (Lipinski definition) is 6. The van der Waals surface area contributed by atoms with E-state index in [0.29, 0.717) is 21.4 Å². The zero-order valence-corrected chi connectivity index (χ0v) is 15.6. The average Bonchev–Trinajstić information content (AvgIpc) is 3.16. The normalized spacial score (nSPS) is 12.4. The Morgan fingerprint density at radius 2 is 2.15 bits per heavy atom. The van der Waals surface area contributed by atoms with Gasteiger partial charge >= 0.3 is 0 Å². The lowest BCUT2D eigenvalue weighted by molar-refractivity contribution is 0.418. The summed E-state index contributed by atoms with van der Waals surface area (Å²) < 4.78 is 19.2. The highest BCUT2D eigenvalue weighted by molar-refractivity contribution is 9.10. The molecular weight excluding hydrogens is 425 g/mol. The Labute approximate surface area is 161 Å². The number of allylic oxidation sites excluding steroid dienone is 1. The number of aromatic nitrogens is 3. The Balaban J connectivity index is 1.95. The predicted octanol–water partition coefficient (Wildman–Crippen LogP) is 4.01. The first-order valence-electron chi connectivity index (χ1n) is 7.39. The molecule has 2 heterocycles. The summed E-state index contributed by atoms with van der Waals surface area (Å²) in [6.07, 6.45) is 4.45. The summed E-state index contributed by atoms with van der Waals surface area (Å²) in [5, 5.41) is 4.09. The topological polar surface area (TPSA) is 90.2 Å². The van der Waals surface area contributed by atoms with E-state index in [1.54, 1.807) is 24.3 Å². The van der Waals surface area contributed by atoms with Crippen molar-refractivity contribution in [3.8, 4) is 0 Å². The van der Waals surface area contributed by atoms with Gasteiger partial charge in [-0.1, -0.05) is 35.0 Å². The van der Waals surface area contributed by atoms with Crippen molar-refractivity contribution in [3.05, 3.63) is 81.4 Å². The molecule has 0 bridgehead atoms. The molecule has 0 unspecified atom stereocenters. The van der Waals surface area contributed by atoms with Crippen molar-refractivity contribution in [3.63, 3.8) is 0 Å². The second-order valence-electron chi connectivity index (χ2n) is 5.11. The van der Waals surface area contributed by atoms with E-state index in [9.17, 15) is 4.39 Å². The molecule has 2 N–H and O–H groups in total. The number of aliphatic imine (C=N–C) groups is 1. The summed E-state index contributed by atoms with van der Waals surface area (Å²) in [5.74, 6) is -0.101. The number of benzene rings is 1.